The Morgan fingerprint density at radius 3 is 2.53 bits per heavy atom. The molecule has 1 aromatic heterocycles. The molecular formula is C26H28N4O3S. The molecule has 7 nitrogen and oxygen atoms in total. The molecule has 2 fully saturated rings. The van der Waals surface area contributed by atoms with Crippen molar-refractivity contribution >= 4 is 28.8 Å². The van der Waals surface area contributed by atoms with Gasteiger partial charge in [-0.05, 0) is 44.0 Å². The van der Waals surface area contributed by atoms with Crippen molar-refractivity contribution in [3.8, 4) is 16.3 Å². The number of carbonyl (C=O) groups excluding carboxylic acids is 2. The van der Waals surface area contributed by atoms with E-state index < -0.39 is 0 Å². The van der Waals surface area contributed by atoms with Gasteiger partial charge in [0, 0.05) is 37.7 Å². The zero-order chi connectivity index (χ0) is 23.7. The summed E-state index contributed by atoms with van der Waals surface area (Å²) in [6, 6.07) is 15.7. The predicted octanol–water partition coefficient (Wildman–Crippen LogP) is 4.28. The van der Waals surface area contributed by atoms with E-state index in [2.05, 4.69) is 10.2 Å². The topological polar surface area (TPSA) is 75.6 Å². The molecule has 0 aliphatic carbocycles. The number of piperidine rings is 1. The van der Waals surface area contributed by atoms with Crippen LogP contribution in [0.25, 0.3) is 10.6 Å². The molecule has 2 aliphatic heterocycles. The monoisotopic (exact) mass is 476 g/mol. The minimum Gasteiger partial charge on any atom is -0.496 e. The molecule has 2 aliphatic rings. The molecule has 8 heteroatoms. The maximum Gasteiger partial charge on any atom is 0.228 e. The summed E-state index contributed by atoms with van der Waals surface area (Å²) in [7, 11) is 1.66. The molecule has 0 bridgehead atoms. The van der Waals surface area contributed by atoms with Gasteiger partial charge >= 0.3 is 0 Å². The van der Waals surface area contributed by atoms with Crippen molar-refractivity contribution in [3.63, 3.8) is 0 Å². The molecule has 2 saturated heterocycles. The first kappa shape index (κ1) is 22.5. The number of amides is 2. The van der Waals surface area contributed by atoms with Crippen molar-refractivity contribution in [3.05, 3.63) is 59.1 Å². The Morgan fingerprint density at radius 2 is 1.79 bits per heavy atom. The number of para-hydroxylation sites is 1. The zero-order valence-electron chi connectivity index (χ0n) is 19.4. The molecule has 0 spiro atoms. The summed E-state index contributed by atoms with van der Waals surface area (Å²) in [4.78, 5) is 29.5. The number of anilines is 1. The quantitative estimate of drug-likeness (QED) is 0.549. The number of carbonyl (C=O) groups is 2. The van der Waals surface area contributed by atoms with Crippen LogP contribution in [0.3, 0.4) is 0 Å². The van der Waals surface area contributed by atoms with Crippen molar-refractivity contribution in [2.75, 3.05) is 31.6 Å². The van der Waals surface area contributed by atoms with Crippen LogP contribution >= 0.6 is 11.3 Å². The number of nitrogens with zero attached hydrogens (tertiary/aromatic N) is 4. The van der Waals surface area contributed by atoms with Crippen molar-refractivity contribution in [2.45, 2.75) is 32.1 Å². The van der Waals surface area contributed by atoms with Crippen molar-refractivity contribution < 1.29 is 14.3 Å². The number of methoxy groups -OCH3 is 1. The van der Waals surface area contributed by atoms with E-state index in [1.54, 1.807) is 23.3 Å². The number of benzene rings is 2. The van der Waals surface area contributed by atoms with E-state index in [4.69, 9.17) is 4.74 Å². The number of rotatable bonds is 5. The number of aryl methyl sites for hydroxylation is 1. The first-order valence-corrected chi connectivity index (χ1v) is 12.5. The fourth-order valence-corrected chi connectivity index (χ4v) is 5.82. The zero-order valence-corrected chi connectivity index (χ0v) is 20.3. The van der Waals surface area contributed by atoms with Crippen LogP contribution < -0.4 is 9.64 Å². The van der Waals surface area contributed by atoms with Crippen LogP contribution in [-0.2, 0) is 9.59 Å². The fourth-order valence-electron chi connectivity index (χ4n) is 4.78. The van der Waals surface area contributed by atoms with Gasteiger partial charge in [0.05, 0.1) is 18.6 Å². The standard InChI is InChI=1S/C26H28N4O3S/c1-17-7-9-20(10-8-17)30-16-19(15-23(30)31)26(32)29-13-11-18(12-14-29)24-27-28-25(34-24)21-5-3-4-6-22(21)33-2/h3-10,18-19H,11-16H2,1-2H3. The first-order chi connectivity index (χ1) is 16.5. The lowest BCUT2D eigenvalue weighted by Crippen LogP contribution is -2.42. The molecule has 34 heavy (non-hydrogen) atoms. The Bertz CT molecular complexity index is 1180. The van der Waals surface area contributed by atoms with Crippen LogP contribution in [0.2, 0.25) is 0 Å². The lowest BCUT2D eigenvalue weighted by atomic mass is 9.96. The number of aromatic nitrogens is 2. The highest BCUT2D eigenvalue weighted by molar-refractivity contribution is 7.14. The van der Waals surface area contributed by atoms with E-state index in [9.17, 15) is 9.59 Å². The fraction of sp³-hybridized carbons (Fsp3) is 0.385. The highest BCUT2D eigenvalue weighted by atomic mass is 32.1. The average Bonchev–Trinajstić information content (AvgIpc) is 3.51. The Hall–Kier alpha value is -3.26. The van der Waals surface area contributed by atoms with Gasteiger partial charge in [-0.15, -0.1) is 10.2 Å². The van der Waals surface area contributed by atoms with E-state index >= 15 is 0 Å². The Labute approximate surface area is 203 Å². The summed E-state index contributed by atoms with van der Waals surface area (Å²) < 4.78 is 5.46. The smallest absolute Gasteiger partial charge is 0.228 e. The van der Waals surface area contributed by atoms with Gasteiger partial charge in [-0.2, -0.15) is 0 Å². The second-order valence-corrected chi connectivity index (χ2v) is 10.00. The Balaban J connectivity index is 1.20. The predicted molar refractivity (Wildman–Crippen MR) is 132 cm³/mol. The third-order valence-corrected chi connectivity index (χ3v) is 7.87. The molecular weight excluding hydrogens is 448 g/mol. The summed E-state index contributed by atoms with van der Waals surface area (Å²) in [6.45, 7) is 3.84. The summed E-state index contributed by atoms with van der Waals surface area (Å²) >= 11 is 1.60. The number of hydrogen-bond donors (Lipinski definition) is 0. The number of hydrogen-bond acceptors (Lipinski definition) is 6. The Morgan fingerprint density at radius 1 is 1.06 bits per heavy atom. The lowest BCUT2D eigenvalue weighted by molar-refractivity contribution is -0.136. The summed E-state index contributed by atoms with van der Waals surface area (Å²) in [5.41, 5.74) is 2.97. The second kappa shape index (κ2) is 9.54. The minimum absolute atomic E-state index is 0.0230. The molecule has 176 valence electrons. The van der Waals surface area contributed by atoms with Crippen LogP contribution in [0, 0.1) is 12.8 Å². The van der Waals surface area contributed by atoms with Crippen LogP contribution in [0.5, 0.6) is 5.75 Å². The summed E-state index contributed by atoms with van der Waals surface area (Å²) in [5.74, 6) is 0.919. The number of likely N-dealkylation sites (tertiary alicyclic amines) is 1. The lowest BCUT2D eigenvalue weighted by Gasteiger charge is -2.32. The van der Waals surface area contributed by atoms with E-state index in [1.807, 2.05) is 60.4 Å². The molecule has 3 heterocycles. The van der Waals surface area contributed by atoms with Crippen molar-refractivity contribution in [2.24, 2.45) is 5.92 Å². The van der Waals surface area contributed by atoms with Crippen molar-refractivity contribution in [1.29, 1.82) is 0 Å². The van der Waals surface area contributed by atoms with Gasteiger partial charge in [-0.25, -0.2) is 0 Å². The maximum absolute atomic E-state index is 13.2. The average molecular weight is 477 g/mol. The van der Waals surface area contributed by atoms with E-state index in [0.717, 1.165) is 45.4 Å². The molecule has 0 saturated carbocycles. The number of ether oxygens (including phenoxy) is 1. The second-order valence-electron chi connectivity index (χ2n) is 8.99. The largest absolute Gasteiger partial charge is 0.496 e. The van der Waals surface area contributed by atoms with Crippen LogP contribution in [0.15, 0.2) is 48.5 Å². The van der Waals surface area contributed by atoms with Gasteiger partial charge < -0.3 is 14.5 Å². The van der Waals surface area contributed by atoms with Gasteiger partial charge in [0.1, 0.15) is 10.8 Å². The summed E-state index contributed by atoms with van der Waals surface area (Å²) in [5, 5.41) is 10.7. The minimum atomic E-state index is -0.274. The Kier molecular flexibility index (Phi) is 6.32. The van der Waals surface area contributed by atoms with Crippen molar-refractivity contribution in [1.82, 2.24) is 15.1 Å². The SMILES string of the molecule is COc1ccccc1-c1nnc(C2CCN(C(=O)C3CC(=O)N(c4ccc(C)cc4)C3)CC2)s1. The van der Waals surface area contributed by atoms with Crippen LogP contribution in [-0.4, -0.2) is 53.7 Å². The molecule has 5 rings (SSSR count). The molecule has 2 aromatic carbocycles. The van der Waals surface area contributed by atoms with E-state index in [0.29, 0.717) is 25.6 Å². The molecule has 2 amide bonds. The molecule has 3 aromatic rings. The van der Waals surface area contributed by atoms with E-state index in [-0.39, 0.29) is 24.2 Å². The molecule has 1 atom stereocenters. The van der Waals surface area contributed by atoms with Crippen LogP contribution in [0.1, 0.15) is 35.8 Å². The van der Waals surface area contributed by atoms with E-state index in [1.165, 1.54) is 0 Å². The summed E-state index contributed by atoms with van der Waals surface area (Å²) in [6.07, 6.45) is 1.99. The van der Waals surface area contributed by atoms with Gasteiger partial charge in [0.2, 0.25) is 11.8 Å². The van der Waals surface area contributed by atoms with Crippen LogP contribution in [0.4, 0.5) is 5.69 Å². The third kappa shape index (κ3) is 4.42. The highest BCUT2D eigenvalue weighted by Gasteiger charge is 2.38. The van der Waals surface area contributed by atoms with Gasteiger partial charge in [-0.1, -0.05) is 41.2 Å². The normalized spacial score (nSPS) is 19.0. The van der Waals surface area contributed by atoms with Gasteiger partial charge in [-0.3, -0.25) is 9.59 Å². The van der Waals surface area contributed by atoms with Gasteiger partial charge in [0.15, 0.2) is 5.01 Å². The molecule has 1 unspecified atom stereocenters. The first-order valence-electron chi connectivity index (χ1n) is 11.7. The molecule has 0 N–H and O–H groups in total. The maximum atomic E-state index is 13.2. The third-order valence-electron chi connectivity index (χ3n) is 6.75. The highest BCUT2D eigenvalue weighted by Crippen LogP contribution is 2.37. The van der Waals surface area contributed by atoms with Gasteiger partial charge in [0.25, 0.3) is 0 Å². The molecule has 0 radical (unpaired) electrons.